The first-order valence-electron chi connectivity index (χ1n) is 10.4. The number of nitrogens with one attached hydrogen (secondary N) is 1. The van der Waals surface area contributed by atoms with Crippen molar-refractivity contribution >= 4 is 27.5 Å². The maximum absolute atomic E-state index is 13.1. The molecule has 31 heavy (non-hydrogen) atoms. The van der Waals surface area contributed by atoms with Gasteiger partial charge in [-0.25, -0.2) is 8.42 Å². The maximum atomic E-state index is 13.1. The first-order chi connectivity index (χ1) is 14.7. The summed E-state index contributed by atoms with van der Waals surface area (Å²) in [6.45, 7) is 4.43. The van der Waals surface area contributed by atoms with Gasteiger partial charge in [0.2, 0.25) is 15.9 Å². The number of sulfonamides is 1. The SMILES string of the molecule is CC(C)N(C)S(=O)(=O)c1cccc(C(=O)N2CCCC(C(=O)Nc3ccccc3)C2)c1. The van der Waals surface area contributed by atoms with Crippen molar-refractivity contribution in [3.8, 4) is 0 Å². The molecule has 1 aliphatic rings. The number of piperidine rings is 1. The second-order valence-corrected chi connectivity index (χ2v) is 10.1. The summed E-state index contributed by atoms with van der Waals surface area (Å²) in [5.41, 5.74) is 1.03. The van der Waals surface area contributed by atoms with Crippen LogP contribution in [0.1, 0.15) is 37.0 Å². The van der Waals surface area contributed by atoms with Crippen molar-refractivity contribution in [1.29, 1.82) is 0 Å². The van der Waals surface area contributed by atoms with Crippen molar-refractivity contribution in [1.82, 2.24) is 9.21 Å². The lowest BCUT2D eigenvalue weighted by Gasteiger charge is -2.32. The van der Waals surface area contributed by atoms with Gasteiger partial charge < -0.3 is 10.2 Å². The zero-order chi connectivity index (χ0) is 22.6. The van der Waals surface area contributed by atoms with Gasteiger partial charge in [0.05, 0.1) is 10.8 Å². The molecular formula is C23H29N3O4S. The van der Waals surface area contributed by atoms with Gasteiger partial charge in [-0.2, -0.15) is 4.31 Å². The molecule has 2 amide bonds. The third kappa shape index (κ3) is 5.32. The Morgan fingerprint density at radius 2 is 1.81 bits per heavy atom. The van der Waals surface area contributed by atoms with Crippen LogP contribution in [-0.2, 0) is 14.8 Å². The number of carbonyl (C=O) groups is 2. The highest BCUT2D eigenvalue weighted by molar-refractivity contribution is 7.89. The number of nitrogens with zero attached hydrogens (tertiary/aromatic N) is 2. The van der Waals surface area contributed by atoms with E-state index in [1.54, 1.807) is 30.9 Å². The Labute approximate surface area is 184 Å². The molecular weight excluding hydrogens is 414 g/mol. The zero-order valence-corrected chi connectivity index (χ0v) is 18.9. The van der Waals surface area contributed by atoms with Gasteiger partial charge in [0, 0.05) is 37.4 Å². The summed E-state index contributed by atoms with van der Waals surface area (Å²) < 4.78 is 26.9. The van der Waals surface area contributed by atoms with Crippen LogP contribution in [0.2, 0.25) is 0 Å². The summed E-state index contributed by atoms with van der Waals surface area (Å²) in [5.74, 6) is -0.683. The average Bonchev–Trinajstić information content (AvgIpc) is 2.78. The van der Waals surface area contributed by atoms with E-state index in [-0.39, 0.29) is 28.7 Å². The molecule has 1 fully saturated rings. The highest BCUT2D eigenvalue weighted by Crippen LogP contribution is 2.23. The molecule has 1 aliphatic heterocycles. The summed E-state index contributed by atoms with van der Waals surface area (Å²) in [7, 11) is -2.16. The topological polar surface area (TPSA) is 86.8 Å². The molecule has 3 rings (SSSR count). The third-order valence-corrected chi connectivity index (χ3v) is 7.64. The quantitative estimate of drug-likeness (QED) is 0.743. The van der Waals surface area contributed by atoms with Crippen LogP contribution in [0, 0.1) is 5.92 Å². The first-order valence-corrected chi connectivity index (χ1v) is 11.9. The van der Waals surface area contributed by atoms with Crippen LogP contribution in [0.4, 0.5) is 5.69 Å². The van der Waals surface area contributed by atoms with Crippen LogP contribution in [0.15, 0.2) is 59.5 Å². The molecule has 166 valence electrons. The lowest BCUT2D eigenvalue weighted by Crippen LogP contribution is -2.43. The second-order valence-electron chi connectivity index (χ2n) is 8.09. The van der Waals surface area contributed by atoms with Crippen LogP contribution in [0.3, 0.4) is 0 Å². The van der Waals surface area contributed by atoms with E-state index in [1.807, 2.05) is 30.3 Å². The number of rotatable bonds is 6. The van der Waals surface area contributed by atoms with E-state index in [1.165, 1.54) is 23.5 Å². The van der Waals surface area contributed by atoms with Crippen LogP contribution in [0.25, 0.3) is 0 Å². The van der Waals surface area contributed by atoms with E-state index in [2.05, 4.69) is 5.32 Å². The van der Waals surface area contributed by atoms with Crippen molar-refractivity contribution in [3.63, 3.8) is 0 Å². The molecule has 2 aromatic carbocycles. The monoisotopic (exact) mass is 443 g/mol. The number of likely N-dealkylation sites (tertiary alicyclic amines) is 1. The molecule has 1 unspecified atom stereocenters. The van der Waals surface area contributed by atoms with Gasteiger partial charge in [0.15, 0.2) is 0 Å². The number of hydrogen-bond acceptors (Lipinski definition) is 4. The van der Waals surface area contributed by atoms with Crippen molar-refractivity contribution in [3.05, 3.63) is 60.2 Å². The van der Waals surface area contributed by atoms with E-state index in [4.69, 9.17) is 0 Å². The Hall–Kier alpha value is -2.71. The number of para-hydroxylation sites is 1. The van der Waals surface area contributed by atoms with Gasteiger partial charge in [0.1, 0.15) is 0 Å². The molecule has 0 saturated carbocycles. The van der Waals surface area contributed by atoms with Crippen molar-refractivity contribution in [2.24, 2.45) is 5.92 Å². The number of hydrogen-bond donors (Lipinski definition) is 1. The molecule has 7 nitrogen and oxygen atoms in total. The Morgan fingerprint density at radius 3 is 2.48 bits per heavy atom. The summed E-state index contributed by atoms with van der Waals surface area (Å²) >= 11 is 0. The van der Waals surface area contributed by atoms with E-state index >= 15 is 0 Å². The van der Waals surface area contributed by atoms with Gasteiger partial charge in [0.25, 0.3) is 5.91 Å². The highest BCUT2D eigenvalue weighted by Gasteiger charge is 2.30. The Kier molecular flexibility index (Phi) is 7.12. The average molecular weight is 444 g/mol. The van der Waals surface area contributed by atoms with Gasteiger partial charge in [-0.3, -0.25) is 9.59 Å². The third-order valence-electron chi connectivity index (χ3n) is 5.61. The van der Waals surface area contributed by atoms with Crippen molar-refractivity contribution in [2.75, 3.05) is 25.5 Å². The number of benzene rings is 2. The van der Waals surface area contributed by atoms with Crippen LogP contribution < -0.4 is 5.32 Å². The van der Waals surface area contributed by atoms with E-state index < -0.39 is 10.0 Å². The summed E-state index contributed by atoms with van der Waals surface area (Å²) in [5, 5.41) is 2.90. The minimum atomic E-state index is -3.69. The molecule has 0 aliphatic carbocycles. The van der Waals surface area contributed by atoms with Crippen LogP contribution in [0.5, 0.6) is 0 Å². The molecule has 0 aromatic heterocycles. The normalized spacial score (nSPS) is 17.1. The van der Waals surface area contributed by atoms with Gasteiger partial charge >= 0.3 is 0 Å². The van der Waals surface area contributed by atoms with E-state index in [9.17, 15) is 18.0 Å². The van der Waals surface area contributed by atoms with Crippen molar-refractivity contribution in [2.45, 2.75) is 37.6 Å². The van der Waals surface area contributed by atoms with Gasteiger partial charge in [-0.05, 0) is 57.0 Å². The minimum absolute atomic E-state index is 0.0879. The number of carbonyl (C=O) groups excluding carboxylic acids is 2. The Bertz CT molecular complexity index is 1040. The standard InChI is InChI=1S/C23H29N3O4S/c1-17(2)25(3)31(29,30)21-13-7-9-18(15-21)23(28)26-14-8-10-19(16-26)22(27)24-20-11-5-4-6-12-20/h4-7,9,11-13,15,17,19H,8,10,14,16H2,1-3H3,(H,24,27). The predicted molar refractivity (Wildman–Crippen MR) is 120 cm³/mol. The van der Waals surface area contributed by atoms with E-state index in [0.29, 0.717) is 31.5 Å². The van der Waals surface area contributed by atoms with Gasteiger partial charge in [-0.15, -0.1) is 0 Å². The largest absolute Gasteiger partial charge is 0.338 e. The van der Waals surface area contributed by atoms with Gasteiger partial charge in [-0.1, -0.05) is 24.3 Å². The molecule has 0 bridgehead atoms. The summed E-state index contributed by atoms with van der Waals surface area (Å²) in [6.07, 6.45) is 1.42. The summed E-state index contributed by atoms with van der Waals surface area (Å²) in [4.78, 5) is 27.5. The lowest BCUT2D eigenvalue weighted by molar-refractivity contribution is -0.121. The molecule has 1 heterocycles. The Balaban J connectivity index is 1.73. The maximum Gasteiger partial charge on any atom is 0.253 e. The molecule has 0 spiro atoms. The molecule has 1 N–H and O–H groups in total. The predicted octanol–water partition coefficient (Wildman–Crippen LogP) is 3.21. The molecule has 0 radical (unpaired) electrons. The molecule has 8 heteroatoms. The van der Waals surface area contributed by atoms with E-state index in [0.717, 1.165) is 5.69 Å². The fraction of sp³-hybridized carbons (Fsp3) is 0.391. The number of anilines is 1. The van der Waals surface area contributed by atoms with Crippen molar-refractivity contribution < 1.29 is 18.0 Å². The Morgan fingerprint density at radius 1 is 1.10 bits per heavy atom. The fourth-order valence-corrected chi connectivity index (χ4v) is 4.97. The summed E-state index contributed by atoms with van der Waals surface area (Å²) in [6, 6.07) is 15.1. The number of amides is 2. The molecule has 2 aromatic rings. The highest BCUT2D eigenvalue weighted by atomic mass is 32.2. The van der Waals surface area contributed by atoms with Crippen LogP contribution in [-0.4, -0.2) is 55.6 Å². The molecule has 1 atom stereocenters. The zero-order valence-electron chi connectivity index (χ0n) is 18.1. The molecule has 1 saturated heterocycles. The second kappa shape index (κ2) is 9.62. The lowest BCUT2D eigenvalue weighted by atomic mass is 9.96. The fourth-order valence-electron chi connectivity index (χ4n) is 3.56. The van der Waals surface area contributed by atoms with Crippen LogP contribution >= 0.6 is 0 Å². The minimum Gasteiger partial charge on any atom is -0.338 e. The smallest absolute Gasteiger partial charge is 0.253 e. The first kappa shape index (κ1) is 23.0.